The zero-order valence-electron chi connectivity index (χ0n) is 14.1. The van der Waals surface area contributed by atoms with E-state index in [9.17, 15) is 5.11 Å². The maximum atomic E-state index is 9.54. The zero-order chi connectivity index (χ0) is 17.7. The lowest BCUT2D eigenvalue weighted by atomic mass is 10.0. The molecule has 7 nitrogen and oxygen atoms in total. The Bertz CT molecular complexity index is 1020. The molecule has 0 fully saturated rings. The Hall–Kier alpha value is -3.06. The van der Waals surface area contributed by atoms with Gasteiger partial charge in [0.1, 0.15) is 5.82 Å². The Morgan fingerprint density at radius 1 is 0.923 bits per heavy atom. The van der Waals surface area contributed by atoms with Crippen LogP contribution in [0.2, 0.25) is 0 Å². The summed E-state index contributed by atoms with van der Waals surface area (Å²) >= 11 is 0. The van der Waals surface area contributed by atoms with Crippen LogP contribution in [0.1, 0.15) is 18.7 Å². The number of rotatable bonds is 3. The number of fused-ring (bicyclic) bond motifs is 3. The van der Waals surface area contributed by atoms with E-state index in [0.717, 1.165) is 22.2 Å². The summed E-state index contributed by atoms with van der Waals surface area (Å²) in [7, 11) is 0. The van der Waals surface area contributed by atoms with E-state index in [1.54, 1.807) is 0 Å². The van der Waals surface area contributed by atoms with Crippen molar-refractivity contribution in [2.24, 2.45) is 0 Å². The second-order valence-electron chi connectivity index (χ2n) is 6.30. The van der Waals surface area contributed by atoms with Crippen molar-refractivity contribution in [1.82, 2.24) is 9.97 Å². The van der Waals surface area contributed by atoms with E-state index in [0.29, 0.717) is 28.8 Å². The minimum atomic E-state index is -0.183. The van der Waals surface area contributed by atoms with Gasteiger partial charge < -0.3 is 24.1 Å². The second kappa shape index (κ2) is 5.74. The van der Waals surface area contributed by atoms with Gasteiger partial charge >= 0.3 is 0 Å². The molecule has 1 N–H and O–H groups in total. The van der Waals surface area contributed by atoms with Crippen LogP contribution in [-0.2, 0) is 0 Å². The molecular formula is C19H16N2O5. The molecule has 3 aromatic rings. The predicted molar refractivity (Wildman–Crippen MR) is 92.7 cm³/mol. The van der Waals surface area contributed by atoms with Gasteiger partial charge in [0.15, 0.2) is 23.0 Å². The molecule has 1 atom stereocenters. The van der Waals surface area contributed by atoms with Gasteiger partial charge in [-0.1, -0.05) is 6.92 Å². The van der Waals surface area contributed by atoms with Crippen molar-refractivity contribution in [3.8, 4) is 34.3 Å². The van der Waals surface area contributed by atoms with Crippen LogP contribution in [0.3, 0.4) is 0 Å². The van der Waals surface area contributed by atoms with Gasteiger partial charge in [-0.3, -0.25) is 0 Å². The third-order valence-corrected chi connectivity index (χ3v) is 4.57. The Kier molecular flexibility index (Phi) is 3.36. The normalized spacial score (nSPS) is 15.5. The highest BCUT2D eigenvalue weighted by Gasteiger charge is 2.21. The van der Waals surface area contributed by atoms with E-state index in [1.165, 1.54) is 0 Å². The summed E-state index contributed by atoms with van der Waals surface area (Å²) in [5.74, 6) is 3.13. The highest BCUT2D eigenvalue weighted by Crippen LogP contribution is 2.41. The first-order valence-corrected chi connectivity index (χ1v) is 8.35. The van der Waals surface area contributed by atoms with Gasteiger partial charge in [-0.05, 0) is 24.3 Å². The van der Waals surface area contributed by atoms with Crippen LogP contribution >= 0.6 is 0 Å². The van der Waals surface area contributed by atoms with E-state index in [4.69, 9.17) is 23.9 Å². The van der Waals surface area contributed by atoms with Crippen LogP contribution < -0.4 is 18.9 Å². The topological polar surface area (TPSA) is 82.9 Å². The number of ether oxygens (including phenoxy) is 4. The van der Waals surface area contributed by atoms with Crippen molar-refractivity contribution in [3.63, 3.8) is 0 Å². The van der Waals surface area contributed by atoms with E-state index in [-0.39, 0.29) is 26.1 Å². The SMILES string of the molecule is CC(CO)c1nc(-c2ccc3c(c2)OCO3)c2cc3c(cc2n1)OCO3. The number of hydrogen-bond acceptors (Lipinski definition) is 7. The molecule has 0 saturated carbocycles. The average Bonchev–Trinajstić information content (AvgIpc) is 3.32. The van der Waals surface area contributed by atoms with Crippen molar-refractivity contribution >= 4 is 10.9 Å². The molecule has 0 saturated heterocycles. The molecule has 132 valence electrons. The van der Waals surface area contributed by atoms with E-state index < -0.39 is 0 Å². The van der Waals surface area contributed by atoms with E-state index in [1.807, 2.05) is 37.3 Å². The minimum Gasteiger partial charge on any atom is -0.454 e. The summed E-state index contributed by atoms with van der Waals surface area (Å²) in [4.78, 5) is 9.35. The molecule has 0 radical (unpaired) electrons. The number of aromatic nitrogens is 2. The fourth-order valence-corrected chi connectivity index (χ4v) is 3.10. The van der Waals surface area contributed by atoms with Crippen LogP contribution in [-0.4, -0.2) is 35.3 Å². The van der Waals surface area contributed by atoms with Crippen molar-refractivity contribution in [2.75, 3.05) is 20.2 Å². The van der Waals surface area contributed by atoms with Crippen molar-refractivity contribution in [3.05, 3.63) is 36.2 Å². The fourth-order valence-electron chi connectivity index (χ4n) is 3.10. The van der Waals surface area contributed by atoms with E-state index >= 15 is 0 Å². The first kappa shape index (κ1) is 15.2. The van der Waals surface area contributed by atoms with Crippen molar-refractivity contribution in [2.45, 2.75) is 12.8 Å². The van der Waals surface area contributed by atoms with Crippen LogP contribution in [0.4, 0.5) is 0 Å². The van der Waals surface area contributed by atoms with Gasteiger partial charge in [-0.2, -0.15) is 0 Å². The van der Waals surface area contributed by atoms with Crippen LogP contribution in [0.15, 0.2) is 30.3 Å². The molecule has 0 spiro atoms. The molecular weight excluding hydrogens is 336 g/mol. The lowest BCUT2D eigenvalue weighted by molar-refractivity contribution is 0.173. The van der Waals surface area contributed by atoms with Crippen LogP contribution in [0.25, 0.3) is 22.2 Å². The second-order valence-corrected chi connectivity index (χ2v) is 6.30. The van der Waals surface area contributed by atoms with E-state index in [2.05, 4.69) is 4.98 Å². The molecule has 3 heterocycles. The Morgan fingerprint density at radius 2 is 1.62 bits per heavy atom. The molecule has 5 rings (SSSR count). The molecule has 1 unspecified atom stereocenters. The minimum absolute atomic E-state index is 0.0311. The smallest absolute Gasteiger partial charge is 0.231 e. The Balaban J connectivity index is 1.76. The summed E-state index contributed by atoms with van der Waals surface area (Å²) in [5.41, 5.74) is 2.38. The van der Waals surface area contributed by atoms with Gasteiger partial charge in [0, 0.05) is 22.9 Å². The summed E-state index contributed by atoms with van der Waals surface area (Å²) in [6.45, 7) is 2.27. The summed E-state index contributed by atoms with van der Waals surface area (Å²) in [6.07, 6.45) is 0. The van der Waals surface area contributed by atoms with Gasteiger partial charge in [0.05, 0.1) is 17.8 Å². The Labute approximate surface area is 149 Å². The summed E-state index contributed by atoms with van der Waals surface area (Å²) in [6, 6.07) is 9.46. The monoisotopic (exact) mass is 352 g/mol. The highest BCUT2D eigenvalue weighted by molar-refractivity contribution is 5.95. The number of aliphatic hydroxyl groups is 1. The molecule has 7 heteroatoms. The lowest BCUT2D eigenvalue weighted by Crippen LogP contribution is -2.06. The van der Waals surface area contributed by atoms with Crippen molar-refractivity contribution in [1.29, 1.82) is 0 Å². The average molecular weight is 352 g/mol. The molecule has 0 amide bonds. The maximum Gasteiger partial charge on any atom is 0.231 e. The highest BCUT2D eigenvalue weighted by atomic mass is 16.7. The first-order valence-electron chi connectivity index (χ1n) is 8.35. The number of nitrogens with zero attached hydrogens (tertiary/aromatic N) is 2. The van der Waals surface area contributed by atoms with Gasteiger partial charge in [-0.25, -0.2) is 9.97 Å². The Morgan fingerprint density at radius 3 is 2.38 bits per heavy atom. The quantitative estimate of drug-likeness (QED) is 0.776. The number of aliphatic hydroxyl groups excluding tert-OH is 1. The predicted octanol–water partition coefficient (Wildman–Crippen LogP) is 2.85. The maximum absolute atomic E-state index is 9.54. The fraction of sp³-hybridized carbons (Fsp3) is 0.263. The molecule has 2 aromatic carbocycles. The molecule has 1 aromatic heterocycles. The largest absolute Gasteiger partial charge is 0.454 e. The summed E-state index contributed by atoms with van der Waals surface area (Å²) < 4.78 is 21.9. The molecule has 0 bridgehead atoms. The number of hydrogen-bond donors (Lipinski definition) is 1. The van der Waals surface area contributed by atoms with Crippen molar-refractivity contribution < 1.29 is 24.1 Å². The lowest BCUT2D eigenvalue weighted by Gasteiger charge is -2.13. The summed E-state index contributed by atoms with van der Waals surface area (Å²) in [5, 5.41) is 10.4. The third kappa shape index (κ3) is 2.32. The number of benzene rings is 2. The molecule has 2 aliphatic heterocycles. The molecule has 0 aliphatic carbocycles. The van der Waals surface area contributed by atoms with Gasteiger partial charge in [0.25, 0.3) is 0 Å². The van der Waals surface area contributed by atoms with Crippen LogP contribution in [0, 0.1) is 0 Å². The standard InChI is InChI=1S/C19H16N2O5/c1-10(7-22)19-20-13-6-17-16(25-9-26-17)5-12(13)18(21-19)11-2-3-14-15(4-11)24-8-23-14/h2-6,10,22H,7-9H2,1H3. The molecule has 2 aliphatic rings. The zero-order valence-corrected chi connectivity index (χ0v) is 14.1. The van der Waals surface area contributed by atoms with Crippen LogP contribution in [0.5, 0.6) is 23.0 Å². The van der Waals surface area contributed by atoms with Gasteiger partial charge in [-0.15, -0.1) is 0 Å². The molecule has 26 heavy (non-hydrogen) atoms. The van der Waals surface area contributed by atoms with Gasteiger partial charge in [0.2, 0.25) is 13.6 Å². The first-order chi connectivity index (χ1) is 12.7. The third-order valence-electron chi connectivity index (χ3n) is 4.57.